The summed E-state index contributed by atoms with van der Waals surface area (Å²) in [4.78, 5) is 21.5. The molecule has 36 heavy (non-hydrogen) atoms. The molecule has 0 bridgehead atoms. The SMILES string of the molecule is COc1ccc(CNc2cc(F)c3c(c2Br)C(N)(Cc2nc(SC)nc(Cl)c2CO)CCC3=O)cc1. The number of aromatic nitrogens is 2. The molecule has 1 atom stereocenters. The van der Waals surface area contributed by atoms with Crippen molar-refractivity contribution in [2.24, 2.45) is 5.73 Å². The second-order valence-electron chi connectivity index (χ2n) is 8.51. The van der Waals surface area contributed by atoms with Crippen molar-refractivity contribution >= 4 is 50.8 Å². The lowest BCUT2D eigenvalue weighted by molar-refractivity contribution is 0.0945. The van der Waals surface area contributed by atoms with Gasteiger partial charge in [-0.1, -0.05) is 35.5 Å². The maximum absolute atomic E-state index is 15.4. The molecule has 4 N–H and O–H groups in total. The summed E-state index contributed by atoms with van der Waals surface area (Å²) in [5.74, 6) is -0.209. The Balaban J connectivity index is 1.75. The van der Waals surface area contributed by atoms with Crippen LogP contribution in [-0.2, 0) is 25.1 Å². The van der Waals surface area contributed by atoms with Gasteiger partial charge in [-0.3, -0.25) is 4.79 Å². The van der Waals surface area contributed by atoms with Crippen molar-refractivity contribution < 1.29 is 19.0 Å². The maximum Gasteiger partial charge on any atom is 0.188 e. The number of halogens is 3. The van der Waals surface area contributed by atoms with E-state index in [-0.39, 0.29) is 42.4 Å². The minimum atomic E-state index is -1.14. The Hall–Kier alpha value is -2.24. The number of anilines is 1. The lowest BCUT2D eigenvalue weighted by Crippen LogP contribution is -2.45. The van der Waals surface area contributed by atoms with Gasteiger partial charge in [-0.15, -0.1) is 0 Å². The molecule has 1 unspecified atom stereocenters. The molecule has 0 saturated heterocycles. The summed E-state index contributed by atoms with van der Waals surface area (Å²) in [5, 5.41) is 13.7. The summed E-state index contributed by atoms with van der Waals surface area (Å²) in [6, 6.07) is 8.81. The van der Waals surface area contributed by atoms with E-state index >= 15 is 4.39 Å². The van der Waals surface area contributed by atoms with E-state index in [2.05, 4.69) is 31.2 Å². The lowest BCUT2D eigenvalue weighted by atomic mass is 9.73. The number of ether oxygens (including phenoxy) is 1. The van der Waals surface area contributed by atoms with Gasteiger partial charge in [0.05, 0.1) is 30.7 Å². The highest BCUT2D eigenvalue weighted by Gasteiger charge is 2.41. The molecule has 2 aromatic carbocycles. The van der Waals surface area contributed by atoms with E-state index in [1.807, 2.05) is 30.5 Å². The van der Waals surface area contributed by atoms with Crippen molar-refractivity contribution in [1.82, 2.24) is 9.97 Å². The number of nitrogens with two attached hydrogens (primary N) is 1. The Labute approximate surface area is 226 Å². The Bertz CT molecular complexity index is 1310. The molecule has 3 aromatic rings. The predicted molar refractivity (Wildman–Crippen MR) is 142 cm³/mol. The predicted octanol–water partition coefficient (Wildman–Crippen LogP) is 5.24. The number of aliphatic hydroxyl groups is 1. The molecule has 4 rings (SSSR count). The highest BCUT2D eigenvalue weighted by Crippen LogP contribution is 2.45. The molecule has 1 heterocycles. The van der Waals surface area contributed by atoms with Gasteiger partial charge in [0.1, 0.15) is 16.7 Å². The molecule has 0 saturated carbocycles. The first-order valence-corrected chi connectivity index (χ1v) is 13.5. The summed E-state index contributed by atoms with van der Waals surface area (Å²) in [7, 11) is 1.60. The van der Waals surface area contributed by atoms with Crippen LogP contribution in [0.3, 0.4) is 0 Å². The van der Waals surface area contributed by atoms with E-state index in [0.29, 0.717) is 38.7 Å². The van der Waals surface area contributed by atoms with Gasteiger partial charge in [0, 0.05) is 40.5 Å². The highest BCUT2D eigenvalue weighted by atomic mass is 79.9. The van der Waals surface area contributed by atoms with Crippen molar-refractivity contribution in [3.8, 4) is 5.75 Å². The molecule has 11 heteroatoms. The molecule has 1 aliphatic carbocycles. The van der Waals surface area contributed by atoms with E-state index in [9.17, 15) is 9.90 Å². The monoisotopic (exact) mass is 594 g/mol. The van der Waals surface area contributed by atoms with Crippen LogP contribution in [0, 0.1) is 5.82 Å². The molecule has 7 nitrogen and oxygen atoms in total. The highest BCUT2D eigenvalue weighted by molar-refractivity contribution is 9.10. The number of carbonyl (C=O) groups is 1. The number of ketones is 1. The smallest absolute Gasteiger partial charge is 0.188 e. The summed E-state index contributed by atoms with van der Waals surface area (Å²) < 4.78 is 21.1. The van der Waals surface area contributed by atoms with E-state index in [1.54, 1.807) is 7.11 Å². The number of benzene rings is 2. The first-order chi connectivity index (χ1) is 17.2. The number of methoxy groups -OCH3 is 1. The summed E-state index contributed by atoms with van der Waals surface area (Å²) in [6.07, 6.45) is 2.32. The van der Waals surface area contributed by atoms with Crippen LogP contribution in [0.15, 0.2) is 40.0 Å². The van der Waals surface area contributed by atoms with Gasteiger partial charge in [-0.25, -0.2) is 14.4 Å². The number of aliphatic hydroxyl groups excluding tert-OH is 1. The van der Waals surface area contributed by atoms with Crippen LogP contribution in [0.5, 0.6) is 5.75 Å². The van der Waals surface area contributed by atoms with Crippen LogP contribution in [0.1, 0.15) is 45.6 Å². The summed E-state index contributed by atoms with van der Waals surface area (Å²) in [5.41, 5.74) is 8.40. The fourth-order valence-corrected chi connectivity index (χ4v) is 5.90. The van der Waals surface area contributed by atoms with Crippen molar-refractivity contribution in [3.63, 3.8) is 0 Å². The number of carbonyl (C=O) groups excluding carboxylic acids is 1. The van der Waals surface area contributed by atoms with Gasteiger partial charge in [0.2, 0.25) is 0 Å². The average Bonchev–Trinajstić information content (AvgIpc) is 2.86. The van der Waals surface area contributed by atoms with Gasteiger partial charge in [-0.05, 0) is 52.4 Å². The number of nitrogens with one attached hydrogen (secondary N) is 1. The number of thioether (sulfide) groups is 1. The molecular weight excluding hydrogens is 571 g/mol. The third kappa shape index (κ3) is 5.24. The minimum Gasteiger partial charge on any atom is -0.497 e. The second-order valence-corrected chi connectivity index (χ2v) is 10.4. The molecular formula is C25H25BrClFN4O3S. The van der Waals surface area contributed by atoms with Crippen LogP contribution < -0.4 is 15.8 Å². The Morgan fingerprint density at radius 1 is 1.33 bits per heavy atom. The number of Topliss-reactive ketones (excluding diaryl/α,β-unsaturated/α-hetero) is 1. The Kier molecular flexibility index (Phi) is 8.21. The van der Waals surface area contributed by atoms with Gasteiger partial charge >= 0.3 is 0 Å². The normalized spacial score (nSPS) is 17.1. The molecule has 1 aromatic heterocycles. The Morgan fingerprint density at radius 3 is 2.69 bits per heavy atom. The van der Waals surface area contributed by atoms with Gasteiger partial charge in [0.25, 0.3) is 0 Å². The van der Waals surface area contributed by atoms with Crippen LogP contribution in [0.2, 0.25) is 5.15 Å². The van der Waals surface area contributed by atoms with E-state index < -0.39 is 11.4 Å². The number of hydrogen-bond acceptors (Lipinski definition) is 8. The van der Waals surface area contributed by atoms with Crippen LogP contribution in [-0.4, -0.2) is 34.2 Å². The first-order valence-electron chi connectivity index (χ1n) is 11.1. The molecule has 0 spiro atoms. The number of fused-ring (bicyclic) bond motifs is 1. The quantitative estimate of drug-likeness (QED) is 0.184. The third-order valence-electron chi connectivity index (χ3n) is 6.28. The zero-order valence-electron chi connectivity index (χ0n) is 19.7. The van der Waals surface area contributed by atoms with Crippen molar-refractivity contribution in [3.05, 3.63) is 73.7 Å². The first kappa shape index (κ1) is 26.8. The topological polar surface area (TPSA) is 110 Å². The van der Waals surface area contributed by atoms with Crippen LogP contribution in [0.4, 0.5) is 10.1 Å². The van der Waals surface area contributed by atoms with Crippen LogP contribution >= 0.6 is 39.3 Å². The molecule has 0 amide bonds. The fourth-order valence-electron chi connectivity index (χ4n) is 4.37. The van der Waals surface area contributed by atoms with Crippen molar-refractivity contribution in [1.29, 1.82) is 0 Å². The average molecular weight is 596 g/mol. The summed E-state index contributed by atoms with van der Waals surface area (Å²) in [6.45, 7) is 0.0449. The molecule has 0 aliphatic heterocycles. The van der Waals surface area contributed by atoms with Gasteiger partial charge in [-0.2, -0.15) is 0 Å². The summed E-state index contributed by atoms with van der Waals surface area (Å²) >= 11 is 11.2. The van der Waals surface area contributed by atoms with Crippen molar-refractivity contribution in [2.75, 3.05) is 18.7 Å². The van der Waals surface area contributed by atoms with E-state index in [4.69, 9.17) is 22.1 Å². The zero-order chi connectivity index (χ0) is 26.0. The Morgan fingerprint density at radius 2 is 2.06 bits per heavy atom. The van der Waals surface area contributed by atoms with E-state index in [0.717, 1.165) is 11.3 Å². The largest absolute Gasteiger partial charge is 0.497 e. The van der Waals surface area contributed by atoms with Crippen LogP contribution in [0.25, 0.3) is 0 Å². The maximum atomic E-state index is 15.4. The molecule has 1 aliphatic rings. The number of rotatable bonds is 8. The third-order valence-corrected chi connectivity index (χ3v) is 7.96. The minimum absolute atomic E-state index is 0.0265. The molecule has 0 fully saturated rings. The molecule has 190 valence electrons. The number of hydrogen-bond donors (Lipinski definition) is 3. The second kappa shape index (κ2) is 11.0. The molecule has 0 radical (unpaired) electrons. The number of nitrogens with zero attached hydrogens (tertiary/aromatic N) is 2. The zero-order valence-corrected chi connectivity index (χ0v) is 22.9. The van der Waals surface area contributed by atoms with Crippen molar-refractivity contribution in [2.45, 2.75) is 43.1 Å². The lowest BCUT2D eigenvalue weighted by Gasteiger charge is -2.37. The van der Waals surface area contributed by atoms with Gasteiger partial charge < -0.3 is 20.9 Å². The standard InChI is InChI=1S/C25H25BrClFN4O3S/c1-35-14-5-3-13(4-6-14)11-30-17-9-16(28)20-19(34)7-8-25(29,21(20)22(17)26)10-18-15(12-33)23(27)32-24(31-18)36-2/h3-6,9,30,33H,7-8,10-12,29H2,1-2H3. The fraction of sp³-hybridized carbons (Fsp3) is 0.320. The van der Waals surface area contributed by atoms with Gasteiger partial charge in [0.15, 0.2) is 10.9 Å². The van der Waals surface area contributed by atoms with E-state index in [1.165, 1.54) is 17.8 Å².